The summed E-state index contributed by atoms with van der Waals surface area (Å²) in [5.74, 6) is 0.294. The topological polar surface area (TPSA) is 17.1 Å². The van der Waals surface area contributed by atoms with Crippen LogP contribution < -0.4 is 0 Å². The number of hydrogen-bond donors (Lipinski definition) is 0. The molecule has 1 heteroatoms. The zero-order valence-electron chi connectivity index (χ0n) is 6.48. The minimum atomic E-state index is 0.294. The van der Waals surface area contributed by atoms with Gasteiger partial charge >= 0.3 is 0 Å². The van der Waals surface area contributed by atoms with Gasteiger partial charge < -0.3 is 0 Å². The molecule has 0 heterocycles. The molecule has 1 rings (SSSR count). The second-order valence-electron chi connectivity index (χ2n) is 2.55. The Morgan fingerprint density at radius 3 is 2.70 bits per heavy atom. The number of ketones is 1. The molecule has 0 saturated carbocycles. The molecule has 1 aliphatic rings. The van der Waals surface area contributed by atoms with Gasteiger partial charge in [0.1, 0.15) is 0 Å². The molecule has 0 aromatic rings. The maximum absolute atomic E-state index is 11.1. The summed E-state index contributed by atoms with van der Waals surface area (Å²) in [4.78, 5) is 11.1. The number of carbonyl (C=O) groups excluding carboxylic acids is 1. The lowest BCUT2D eigenvalue weighted by atomic mass is 9.93. The second-order valence-corrected chi connectivity index (χ2v) is 2.55. The number of hydrogen-bond acceptors (Lipinski definition) is 1. The standard InChI is InChI=1S/C9H12O/c1-3-8-7(2)5-4-6-9(8)10/h3,5H,4,6H2,1-2H3/b8-3-. The molecule has 0 unspecified atom stereocenters. The van der Waals surface area contributed by atoms with Crippen molar-refractivity contribution >= 4 is 5.78 Å². The Kier molecular flexibility index (Phi) is 2.05. The van der Waals surface area contributed by atoms with Crippen molar-refractivity contribution in [1.82, 2.24) is 0 Å². The predicted molar refractivity (Wildman–Crippen MR) is 41.8 cm³/mol. The Morgan fingerprint density at radius 1 is 1.60 bits per heavy atom. The fourth-order valence-electron chi connectivity index (χ4n) is 1.27. The van der Waals surface area contributed by atoms with Gasteiger partial charge in [-0.2, -0.15) is 0 Å². The van der Waals surface area contributed by atoms with Gasteiger partial charge in [0.2, 0.25) is 0 Å². The number of carbonyl (C=O) groups is 1. The summed E-state index contributed by atoms with van der Waals surface area (Å²) in [6.45, 7) is 3.91. The minimum Gasteiger partial charge on any atom is -0.294 e. The summed E-state index contributed by atoms with van der Waals surface area (Å²) in [5.41, 5.74) is 2.05. The van der Waals surface area contributed by atoms with Gasteiger partial charge in [0.15, 0.2) is 5.78 Å². The first-order chi connectivity index (χ1) is 4.75. The third-order valence-corrected chi connectivity index (χ3v) is 1.84. The van der Waals surface area contributed by atoms with Gasteiger partial charge in [-0.3, -0.25) is 4.79 Å². The molecule has 0 radical (unpaired) electrons. The van der Waals surface area contributed by atoms with Crippen molar-refractivity contribution in [3.63, 3.8) is 0 Å². The monoisotopic (exact) mass is 136 g/mol. The van der Waals surface area contributed by atoms with Crippen LogP contribution in [0.4, 0.5) is 0 Å². The van der Waals surface area contributed by atoms with Gasteiger partial charge in [-0.15, -0.1) is 0 Å². The predicted octanol–water partition coefficient (Wildman–Crippen LogP) is 2.24. The van der Waals surface area contributed by atoms with E-state index in [1.165, 1.54) is 0 Å². The first kappa shape index (κ1) is 7.26. The molecule has 0 amide bonds. The molecule has 0 spiro atoms. The van der Waals surface area contributed by atoms with Crippen molar-refractivity contribution in [2.45, 2.75) is 26.7 Å². The molecule has 0 fully saturated rings. The van der Waals surface area contributed by atoms with Gasteiger partial charge in [-0.1, -0.05) is 12.2 Å². The van der Waals surface area contributed by atoms with Gasteiger partial charge in [0.05, 0.1) is 0 Å². The number of rotatable bonds is 0. The first-order valence-electron chi connectivity index (χ1n) is 3.62. The van der Waals surface area contributed by atoms with Crippen LogP contribution in [-0.2, 0) is 4.79 Å². The van der Waals surface area contributed by atoms with Gasteiger partial charge in [-0.25, -0.2) is 0 Å². The minimum absolute atomic E-state index is 0.294. The Hall–Kier alpha value is -0.850. The molecule has 0 aromatic heterocycles. The fourth-order valence-corrected chi connectivity index (χ4v) is 1.27. The highest BCUT2D eigenvalue weighted by Crippen LogP contribution is 2.19. The van der Waals surface area contributed by atoms with Crippen molar-refractivity contribution in [2.75, 3.05) is 0 Å². The lowest BCUT2D eigenvalue weighted by molar-refractivity contribution is -0.115. The zero-order valence-corrected chi connectivity index (χ0v) is 6.48. The van der Waals surface area contributed by atoms with E-state index >= 15 is 0 Å². The summed E-state index contributed by atoms with van der Waals surface area (Å²) in [7, 11) is 0. The third kappa shape index (κ3) is 1.18. The molecular weight excluding hydrogens is 124 g/mol. The van der Waals surface area contributed by atoms with Crippen LogP contribution in [0, 0.1) is 0 Å². The van der Waals surface area contributed by atoms with Gasteiger partial charge in [0, 0.05) is 12.0 Å². The van der Waals surface area contributed by atoms with Crippen LogP contribution in [0.25, 0.3) is 0 Å². The molecule has 0 aliphatic heterocycles. The summed E-state index contributed by atoms with van der Waals surface area (Å²) < 4.78 is 0. The highest BCUT2D eigenvalue weighted by Gasteiger charge is 2.13. The van der Waals surface area contributed by atoms with E-state index in [0.717, 1.165) is 17.6 Å². The van der Waals surface area contributed by atoms with E-state index in [1.54, 1.807) is 0 Å². The average molecular weight is 136 g/mol. The third-order valence-electron chi connectivity index (χ3n) is 1.84. The highest BCUT2D eigenvalue weighted by molar-refractivity contribution is 6.00. The Labute approximate surface area is 61.4 Å². The van der Waals surface area contributed by atoms with Crippen LogP contribution in [0.2, 0.25) is 0 Å². The van der Waals surface area contributed by atoms with E-state index in [1.807, 2.05) is 19.9 Å². The molecule has 0 bridgehead atoms. The maximum atomic E-state index is 11.1. The van der Waals surface area contributed by atoms with Crippen LogP contribution in [0.5, 0.6) is 0 Å². The van der Waals surface area contributed by atoms with Crippen LogP contribution in [0.15, 0.2) is 23.3 Å². The smallest absolute Gasteiger partial charge is 0.163 e. The Morgan fingerprint density at radius 2 is 2.30 bits per heavy atom. The van der Waals surface area contributed by atoms with Crippen LogP contribution in [0.3, 0.4) is 0 Å². The quantitative estimate of drug-likeness (QED) is 0.467. The van der Waals surface area contributed by atoms with Crippen molar-refractivity contribution < 1.29 is 4.79 Å². The first-order valence-corrected chi connectivity index (χ1v) is 3.62. The van der Waals surface area contributed by atoms with E-state index in [4.69, 9.17) is 0 Å². The fraction of sp³-hybridized carbons (Fsp3) is 0.444. The lowest BCUT2D eigenvalue weighted by Crippen LogP contribution is -2.07. The van der Waals surface area contributed by atoms with E-state index < -0.39 is 0 Å². The Bertz CT molecular complexity index is 209. The van der Waals surface area contributed by atoms with Crippen molar-refractivity contribution in [3.05, 3.63) is 23.3 Å². The lowest BCUT2D eigenvalue weighted by Gasteiger charge is -2.10. The molecule has 0 aromatic carbocycles. The number of allylic oxidation sites excluding steroid dienone is 4. The van der Waals surface area contributed by atoms with E-state index in [0.29, 0.717) is 12.2 Å². The van der Waals surface area contributed by atoms with Crippen LogP contribution in [0.1, 0.15) is 26.7 Å². The van der Waals surface area contributed by atoms with Crippen LogP contribution in [-0.4, -0.2) is 5.78 Å². The highest BCUT2D eigenvalue weighted by atomic mass is 16.1. The van der Waals surface area contributed by atoms with Gasteiger partial charge in [0.25, 0.3) is 0 Å². The van der Waals surface area contributed by atoms with Gasteiger partial charge in [-0.05, 0) is 25.8 Å². The maximum Gasteiger partial charge on any atom is 0.163 e. The summed E-state index contributed by atoms with van der Waals surface area (Å²) in [6, 6.07) is 0. The second kappa shape index (κ2) is 2.82. The van der Waals surface area contributed by atoms with Crippen molar-refractivity contribution in [2.24, 2.45) is 0 Å². The largest absolute Gasteiger partial charge is 0.294 e. The van der Waals surface area contributed by atoms with E-state index in [9.17, 15) is 4.79 Å². The van der Waals surface area contributed by atoms with Crippen molar-refractivity contribution in [3.8, 4) is 0 Å². The molecule has 54 valence electrons. The summed E-state index contributed by atoms with van der Waals surface area (Å²) >= 11 is 0. The SMILES string of the molecule is C/C=C1\C(=O)CCC=C1C. The average Bonchev–Trinajstić information content (AvgIpc) is 1.88. The van der Waals surface area contributed by atoms with E-state index in [2.05, 4.69) is 6.08 Å². The summed E-state index contributed by atoms with van der Waals surface area (Å²) in [6.07, 6.45) is 5.63. The molecule has 0 N–H and O–H groups in total. The van der Waals surface area contributed by atoms with Crippen LogP contribution >= 0.6 is 0 Å². The Balaban J connectivity index is 2.94. The van der Waals surface area contributed by atoms with Crippen molar-refractivity contribution in [1.29, 1.82) is 0 Å². The van der Waals surface area contributed by atoms with E-state index in [-0.39, 0.29) is 0 Å². The molecule has 0 saturated heterocycles. The molecule has 0 atom stereocenters. The normalized spacial score (nSPS) is 23.2. The molecule has 1 aliphatic carbocycles. The molecular formula is C9H12O. The summed E-state index contributed by atoms with van der Waals surface area (Å²) in [5, 5.41) is 0. The zero-order chi connectivity index (χ0) is 7.56. The molecule has 1 nitrogen and oxygen atoms in total. The molecule has 10 heavy (non-hydrogen) atoms. The number of Topliss-reactive ketones (excluding diaryl/α,β-unsaturated/α-hetero) is 1.